The molecule has 1 aromatic heterocycles. The van der Waals surface area contributed by atoms with Crippen LogP contribution < -0.4 is 10.2 Å². The van der Waals surface area contributed by atoms with Gasteiger partial charge in [-0.15, -0.1) is 10.2 Å². The number of rotatable bonds is 4. The number of anilines is 2. The molecule has 0 radical (unpaired) electrons. The van der Waals surface area contributed by atoms with E-state index >= 15 is 0 Å². The molecular formula is C27H31N5O2. The number of benzene rings is 2. The third-order valence-electron chi connectivity index (χ3n) is 7.19. The van der Waals surface area contributed by atoms with Crippen LogP contribution in [0.5, 0.6) is 0 Å². The molecule has 7 heteroatoms. The van der Waals surface area contributed by atoms with E-state index in [1.165, 1.54) is 12.0 Å². The van der Waals surface area contributed by atoms with Crippen molar-refractivity contribution in [3.63, 3.8) is 0 Å². The summed E-state index contributed by atoms with van der Waals surface area (Å²) in [5, 5.41) is 11.9. The first-order valence-corrected chi connectivity index (χ1v) is 12.1. The number of hydrogen-bond donors (Lipinski definition) is 1. The monoisotopic (exact) mass is 457 g/mol. The van der Waals surface area contributed by atoms with E-state index in [-0.39, 0.29) is 11.8 Å². The highest BCUT2D eigenvalue weighted by atomic mass is 16.2. The van der Waals surface area contributed by atoms with Crippen LogP contribution in [0.25, 0.3) is 11.4 Å². The number of aryl methyl sites for hydroxylation is 4. The van der Waals surface area contributed by atoms with Gasteiger partial charge in [-0.2, -0.15) is 0 Å². The summed E-state index contributed by atoms with van der Waals surface area (Å²) in [7, 11) is 0. The summed E-state index contributed by atoms with van der Waals surface area (Å²) in [6.45, 7) is 7.51. The number of nitrogens with one attached hydrogen (secondary N) is 1. The first-order chi connectivity index (χ1) is 16.4. The molecule has 1 saturated heterocycles. The van der Waals surface area contributed by atoms with Gasteiger partial charge in [-0.3, -0.25) is 9.59 Å². The van der Waals surface area contributed by atoms with Gasteiger partial charge in [0.15, 0.2) is 5.82 Å². The molecule has 2 amide bonds. The molecule has 1 fully saturated rings. The number of carbonyl (C=O) groups excluding carboxylic acids is 2. The maximum absolute atomic E-state index is 13.2. The normalized spacial score (nSPS) is 18.0. The van der Waals surface area contributed by atoms with E-state index in [1.54, 1.807) is 4.90 Å². The average molecular weight is 458 g/mol. The van der Waals surface area contributed by atoms with Crippen molar-refractivity contribution in [2.75, 3.05) is 16.8 Å². The first-order valence-electron chi connectivity index (χ1n) is 12.1. The van der Waals surface area contributed by atoms with Gasteiger partial charge in [-0.05, 0) is 74.9 Å². The minimum atomic E-state index is -0.686. The number of fused-ring (bicyclic) bond motifs is 1. The summed E-state index contributed by atoms with van der Waals surface area (Å²) >= 11 is 0. The highest BCUT2D eigenvalue weighted by Gasteiger charge is 2.38. The first kappa shape index (κ1) is 22.3. The lowest BCUT2D eigenvalue weighted by molar-refractivity contribution is -0.129. The summed E-state index contributed by atoms with van der Waals surface area (Å²) in [6, 6.07) is 12.0. The zero-order chi connectivity index (χ0) is 23.8. The van der Waals surface area contributed by atoms with Gasteiger partial charge in [0.25, 0.3) is 0 Å². The average Bonchev–Trinajstić information content (AvgIpc) is 3.32. The number of hydrogen-bond acceptors (Lipinski definition) is 4. The Balaban J connectivity index is 1.35. The second kappa shape index (κ2) is 9.05. The third-order valence-corrected chi connectivity index (χ3v) is 7.19. The predicted molar refractivity (Wildman–Crippen MR) is 133 cm³/mol. The van der Waals surface area contributed by atoms with Crippen LogP contribution in [-0.4, -0.2) is 33.1 Å². The van der Waals surface area contributed by atoms with Gasteiger partial charge < -0.3 is 14.8 Å². The fourth-order valence-corrected chi connectivity index (χ4v) is 4.89. The Hall–Kier alpha value is -3.48. The molecule has 2 aliphatic rings. The van der Waals surface area contributed by atoms with Gasteiger partial charge in [0.2, 0.25) is 11.8 Å². The molecule has 0 saturated carbocycles. The second-order valence-electron chi connectivity index (χ2n) is 9.52. The zero-order valence-electron chi connectivity index (χ0n) is 20.1. The van der Waals surface area contributed by atoms with Crippen LogP contribution in [0.2, 0.25) is 0 Å². The minimum absolute atomic E-state index is 0.141. The zero-order valence-corrected chi connectivity index (χ0v) is 20.1. The predicted octanol–water partition coefficient (Wildman–Crippen LogP) is 4.59. The lowest BCUT2D eigenvalue weighted by Crippen LogP contribution is -2.33. The molecule has 0 bridgehead atoms. The minimum Gasteiger partial charge on any atom is -0.325 e. The van der Waals surface area contributed by atoms with Crippen molar-refractivity contribution in [1.82, 2.24) is 14.8 Å². The van der Waals surface area contributed by atoms with Gasteiger partial charge in [0.1, 0.15) is 11.7 Å². The molecule has 7 nitrogen and oxygen atoms in total. The van der Waals surface area contributed by atoms with Gasteiger partial charge in [-0.1, -0.05) is 24.6 Å². The third kappa shape index (κ3) is 4.11. The van der Waals surface area contributed by atoms with Crippen LogP contribution in [0, 0.1) is 26.7 Å². The standard InChI is InChI=1S/C27H31N5O2/c1-17-9-11-21(15-19(17)3)31-14-12-22(27(31)34)26(33)28-23-16-20(10-8-18(23)2)25-30-29-24-7-5-4-6-13-32(24)25/h8-11,15-16,22H,4-7,12-14H2,1-3H3,(H,28,33). The van der Waals surface area contributed by atoms with E-state index in [4.69, 9.17) is 0 Å². The Morgan fingerprint density at radius 1 is 0.941 bits per heavy atom. The van der Waals surface area contributed by atoms with E-state index in [1.807, 2.05) is 50.2 Å². The quantitative estimate of drug-likeness (QED) is 0.581. The molecule has 34 heavy (non-hydrogen) atoms. The molecule has 0 aliphatic carbocycles. The molecule has 1 N–H and O–H groups in total. The number of carbonyl (C=O) groups is 2. The van der Waals surface area contributed by atoms with Crippen molar-refractivity contribution < 1.29 is 9.59 Å². The maximum Gasteiger partial charge on any atom is 0.239 e. The molecule has 3 aromatic rings. The van der Waals surface area contributed by atoms with E-state index in [0.717, 1.165) is 59.8 Å². The van der Waals surface area contributed by atoms with Gasteiger partial charge >= 0.3 is 0 Å². The molecular weight excluding hydrogens is 426 g/mol. The lowest BCUT2D eigenvalue weighted by atomic mass is 10.1. The van der Waals surface area contributed by atoms with E-state index < -0.39 is 5.92 Å². The molecule has 2 aromatic carbocycles. The summed E-state index contributed by atoms with van der Waals surface area (Å²) in [5.41, 5.74) is 5.77. The van der Waals surface area contributed by atoms with Gasteiger partial charge in [0.05, 0.1) is 0 Å². The molecule has 1 unspecified atom stereocenters. The molecule has 3 heterocycles. The van der Waals surface area contributed by atoms with Crippen molar-refractivity contribution in [2.24, 2.45) is 5.92 Å². The summed E-state index contributed by atoms with van der Waals surface area (Å²) < 4.78 is 2.20. The van der Waals surface area contributed by atoms with Crippen molar-refractivity contribution in [2.45, 2.75) is 59.4 Å². The van der Waals surface area contributed by atoms with E-state index in [9.17, 15) is 9.59 Å². The van der Waals surface area contributed by atoms with Crippen molar-refractivity contribution in [1.29, 1.82) is 0 Å². The largest absolute Gasteiger partial charge is 0.325 e. The number of amides is 2. The van der Waals surface area contributed by atoms with E-state index in [0.29, 0.717) is 18.7 Å². The Bertz CT molecular complexity index is 1260. The lowest BCUT2D eigenvalue weighted by Gasteiger charge is -2.18. The maximum atomic E-state index is 13.2. The summed E-state index contributed by atoms with van der Waals surface area (Å²) in [4.78, 5) is 28.0. The van der Waals surface area contributed by atoms with Crippen LogP contribution in [-0.2, 0) is 22.6 Å². The molecule has 176 valence electrons. The fourth-order valence-electron chi connectivity index (χ4n) is 4.89. The fraction of sp³-hybridized carbons (Fsp3) is 0.407. The van der Waals surface area contributed by atoms with Crippen LogP contribution in [0.1, 0.15) is 48.2 Å². The highest BCUT2D eigenvalue weighted by Crippen LogP contribution is 2.30. The van der Waals surface area contributed by atoms with Crippen molar-refractivity contribution in [3.8, 4) is 11.4 Å². The second-order valence-corrected chi connectivity index (χ2v) is 9.52. The Morgan fingerprint density at radius 2 is 1.76 bits per heavy atom. The van der Waals surface area contributed by atoms with Crippen LogP contribution in [0.4, 0.5) is 11.4 Å². The molecule has 2 aliphatic heterocycles. The Morgan fingerprint density at radius 3 is 2.59 bits per heavy atom. The van der Waals surface area contributed by atoms with Crippen LogP contribution in [0.15, 0.2) is 36.4 Å². The smallest absolute Gasteiger partial charge is 0.239 e. The number of aromatic nitrogens is 3. The Kier molecular flexibility index (Phi) is 5.94. The molecule has 5 rings (SSSR count). The topological polar surface area (TPSA) is 80.1 Å². The van der Waals surface area contributed by atoms with Crippen molar-refractivity contribution in [3.05, 3.63) is 58.9 Å². The highest BCUT2D eigenvalue weighted by molar-refractivity contribution is 6.13. The van der Waals surface area contributed by atoms with Crippen molar-refractivity contribution >= 4 is 23.2 Å². The summed E-state index contributed by atoms with van der Waals surface area (Å²) in [5.74, 6) is 0.787. The van der Waals surface area contributed by atoms with Gasteiger partial charge in [-0.25, -0.2) is 0 Å². The molecule has 1 atom stereocenters. The van der Waals surface area contributed by atoms with Gasteiger partial charge in [0, 0.05) is 36.4 Å². The SMILES string of the molecule is Cc1ccc(N2CCC(C(=O)Nc3cc(-c4nnc5n4CCCCC5)ccc3C)C2=O)cc1C. The van der Waals surface area contributed by atoms with E-state index in [2.05, 4.69) is 27.0 Å². The van der Waals surface area contributed by atoms with Crippen LogP contribution >= 0.6 is 0 Å². The summed E-state index contributed by atoms with van der Waals surface area (Å²) in [6.07, 6.45) is 4.92. The number of nitrogens with zero attached hydrogens (tertiary/aromatic N) is 4. The Labute approximate surface area is 200 Å². The molecule has 0 spiro atoms. The van der Waals surface area contributed by atoms with Crippen LogP contribution in [0.3, 0.4) is 0 Å².